The summed E-state index contributed by atoms with van der Waals surface area (Å²) in [6, 6.07) is 8.16. The van der Waals surface area contributed by atoms with Gasteiger partial charge < -0.3 is 5.32 Å². The molecule has 0 radical (unpaired) electrons. The van der Waals surface area contributed by atoms with Crippen LogP contribution in [0.3, 0.4) is 0 Å². The topological polar surface area (TPSA) is 71.8 Å². The van der Waals surface area contributed by atoms with E-state index in [0.29, 0.717) is 5.95 Å². The Kier molecular flexibility index (Phi) is 3.14. The van der Waals surface area contributed by atoms with Crippen LogP contribution >= 0.6 is 0 Å². The molecular weight excluding hydrogens is 254 g/mol. The van der Waals surface area contributed by atoms with Crippen molar-refractivity contribution in [1.29, 1.82) is 0 Å². The molecule has 0 unspecified atom stereocenters. The quantitative estimate of drug-likeness (QED) is 0.867. The molecule has 0 spiro atoms. The van der Waals surface area contributed by atoms with Gasteiger partial charge in [-0.3, -0.25) is 10.00 Å². The first-order chi connectivity index (χ1) is 9.61. The smallest absolute Gasteiger partial charge is 0.321 e. The van der Waals surface area contributed by atoms with Gasteiger partial charge in [-0.25, -0.2) is 4.79 Å². The fraction of sp³-hybridized carbons (Fsp3) is 0.357. The van der Waals surface area contributed by atoms with Crippen LogP contribution < -0.4 is 10.6 Å². The number of nitrogens with one attached hydrogen (secondary N) is 2. The van der Waals surface area contributed by atoms with Crippen LogP contribution in [0.2, 0.25) is 0 Å². The second-order valence-corrected chi connectivity index (χ2v) is 5.08. The minimum Gasteiger partial charge on any atom is -0.334 e. The van der Waals surface area contributed by atoms with Crippen molar-refractivity contribution in [3.05, 3.63) is 41.2 Å². The van der Waals surface area contributed by atoms with Crippen LogP contribution in [0, 0.1) is 6.92 Å². The van der Waals surface area contributed by atoms with Gasteiger partial charge in [-0.15, -0.1) is 5.10 Å². The summed E-state index contributed by atoms with van der Waals surface area (Å²) in [5.41, 5.74) is 2.62. The Balaban J connectivity index is 1.58. The van der Waals surface area contributed by atoms with Crippen LogP contribution in [-0.4, -0.2) is 26.8 Å². The second kappa shape index (κ2) is 4.96. The summed E-state index contributed by atoms with van der Waals surface area (Å²) in [6.45, 7) is 1.84. The Bertz CT molecular complexity index is 604. The van der Waals surface area contributed by atoms with E-state index in [0.717, 1.165) is 18.7 Å². The highest BCUT2D eigenvalue weighted by molar-refractivity contribution is 5.87. The van der Waals surface area contributed by atoms with Crippen LogP contribution in [0.1, 0.15) is 17.0 Å². The standard InChI is InChI=1S/C14H17N5O/c1-9-15-13(18-19(9)2)17-14(20)16-12-7-10-5-3-4-6-11(10)8-12/h3-6,12H,7-8H2,1-2H3,(H2,16,17,18,20). The van der Waals surface area contributed by atoms with Crippen LogP contribution in [0.4, 0.5) is 10.7 Å². The van der Waals surface area contributed by atoms with Gasteiger partial charge in [0.05, 0.1) is 0 Å². The molecule has 2 N–H and O–H groups in total. The summed E-state index contributed by atoms with van der Waals surface area (Å²) in [5, 5.41) is 9.73. The van der Waals surface area contributed by atoms with E-state index in [-0.39, 0.29) is 12.1 Å². The van der Waals surface area contributed by atoms with Gasteiger partial charge in [0.25, 0.3) is 0 Å². The molecule has 0 aliphatic heterocycles. The number of aryl methyl sites for hydroxylation is 2. The maximum absolute atomic E-state index is 11.9. The number of anilines is 1. The number of aromatic nitrogens is 3. The molecule has 1 heterocycles. The van der Waals surface area contributed by atoms with Gasteiger partial charge >= 0.3 is 6.03 Å². The third kappa shape index (κ3) is 2.49. The Morgan fingerprint density at radius 3 is 2.50 bits per heavy atom. The number of hydrogen-bond donors (Lipinski definition) is 2. The van der Waals surface area contributed by atoms with E-state index in [1.54, 1.807) is 11.7 Å². The van der Waals surface area contributed by atoms with Crippen molar-refractivity contribution < 1.29 is 4.79 Å². The molecule has 0 atom stereocenters. The average Bonchev–Trinajstić information content (AvgIpc) is 2.92. The lowest BCUT2D eigenvalue weighted by molar-refractivity contribution is 0.248. The molecule has 2 aromatic rings. The summed E-state index contributed by atoms with van der Waals surface area (Å²) in [6.07, 6.45) is 1.75. The summed E-state index contributed by atoms with van der Waals surface area (Å²) in [5.74, 6) is 1.09. The van der Waals surface area contributed by atoms with Crippen molar-refractivity contribution in [1.82, 2.24) is 20.1 Å². The van der Waals surface area contributed by atoms with Crippen molar-refractivity contribution >= 4 is 12.0 Å². The summed E-state index contributed by atoms with van der Waals surface area (Å²) in [7, 11) is 1.79. The molecule has 1 aromatic carbocycles. The van der Waals surface area contributed by atoms with Crippen molar-refractivity contribution in [3.63, 3.8) is 0 Å². The SMILES string of the molecule is Cc1nc(NC(=O)NC2Cc3ccccc3C2)nn1C. The summed E-state index contributed by atoms with van der Waals surface area (Å²) >= 11 is 0. The number of carbonyl (C=O) groups excluding carboxylic acids is 1. The predicted octanol–water partition coefficient (Wildman–Crippen LogP) is 1.41. The lowest BCUT2D eigenvalue weighted by Crippen LogP contribution is -2.38. The molecule has 0 fully saturated rings. The Labute approximate surface area is 117 Å². The number of carbonyl (C=O) groups is 1. The third-order valence-electron chi connectivity index (χ3n) is 3.59. The maximum atomic E-state index is 11.9. The molecule has 0 saturated heterocycles. The van der Waals surface area contributed by atoms with Gasteiger partial charge in [0.2, 0.25) is 5.95 Å². The Morgan fingerprint density at radius 1 is 1.30 bits per heavy atom. The summed E-state index contributed by atoms with van der Waals surface area (Å²) < 4.78 is 1.63. The second-order valence-electron chi connectivity index (χ2n) is 5.08. The molecule has 6 heteroatoms. The van der Waals surface area contributed by atoms with Crippen molar-refractivity contribution in [2.75, 3.05) is 5.32 Å². The van der Waals surface area contributed by atoms with E-state index in [2.05, 4.69) is 32.8 Å². The van der Waals surface area contributed by atoms with E-state index < -0.39 is 0 Å². The molecule has 1 aliphatic carbocycles. The molecule has 6 nitrogen and oxygen atoms in total. The van der Waals surface area contributed by atoms with E-state index in [1.807, 2.05) is 19.1 Å². The number of amides is 2. The van der Waals surface area contributed by atoms with Crippen LogP contribution in [0.5, 0.6) is 0 Å². The van der Waals surface area contributed by atoms with Gasteiger partial charge in [0, 0.05) is 13.1 Å². The number of benzene rings is 1. The minimum absolute atomic E-state index is 0.136. The van der Waals surface area contributed by atoms with E-state index >= 15 is 0 Å². The molecule has 20 heavy (non-hydrogen) atoms. The van der Waals surface area contributed by atoms with Gasteiger partial charge in [0.1, 0.15) is 5.82 Å². The van der Waals surface area contributed by atoms with Crippen LogP contribution in [0.15, 0.2) is 24.3 Å². The van der Waals surface area contributed by atoms with Crippen molar-refractivity contribution in [3.8, 4) is 0 Å². The Hall–Kier alpha value is -2.37. The van der Waals surface area contributed by atoms with E-state index in [4.69, 9.17) is 0 Å². The fourth-order valence-electron chi connectivity index (χ4n) is 2.50. The highest BCUT2D eigenvalue weighted by atomic mass is 16.2. The van der Waals surface area contributed by atoms with Gasteiger partial charge in [-0.05, 0) is 30.9 Å². The largest absolute Gasteiger partial charge is 0.334 e. The number of rotatable bonds is 2. The van der Waals surface area contributed by atoms with Gasteiger partial charge in [-0.1, -0.05) is 24.3 Å². The minimum atomic E-state index is -0.256. The molecule has 0 bridgehead atoms. The first kappa shape index (κ1) is 12.7. The molecular formula is C14H17N5O. The average molecular weight is 271 g/mol. The van der Waals surface area contributed by atoms with Crippen molar-refractivity contribution in [2.45, 2.75) is 25.8 Å². The number of fused-ring (bicyclic) bond motifs is 1. The van der Waals surface area contributed by atoms with Gasteiger partial charge in [-0.2, -0.15) is 4.98 Å². The van der Waals surface area contributed by atoms with Crippen LogP contribution in [0.25, 0.3) is 0 Å². The lowest BCUT2D eigenvalue weighted by atomic mass is 10.1. The number of nitrogens with zero attached hydrogens (tertiary/aromatic N) is 3. The highest BCUT2D eigenvalue weighted by Gasteiger charge is 2.22. The molecule has 104 valence electrons. The molecule has 2 amide bonds. The lowest BCUT2D eigenvalue weighted by Gasteiger charge is -2.11. The first-order valence-electron chi connectivity index (χ1n) is 6.64. The zero-order valence-electron chi connectivity index (χ0n) is 11.6. The predicted molar refractivity (Wildman–Crippen MR) is 75.5 cm³/mol. The van der Waals surface area contributed by atoms with Crippen LogP contribution in [-0.2, 0) is 19.9 Å². The highest BCUT2D eigenvalue weighted by Crippen LogP contribution is 2.21. The normalized spacial score (nSPS) is 14.1. The first-order valence-corrected chi connectivity index (χ1v) is 6.64. The third-order valence-corrected chi connectivity index (χ3v) is 3.59. The maximum Gasteiger partial charge on any atom is 0.321 e. The molecule has 3 rings (SSSR count). The monoisotopic (exact) mass is 271 g/mol. The zero-order valence-corrected chi connectivity index (χ0v) is 11.6. The van der Waals surface area contributed by atoms with Gasteiger partial charge in [0.15, 0.2) is 0 Å². The zero-order chi connectivity index (χ0) is 14.1. The molecule has 1 aromatic heterocycles. The van der Waals surface area contributed by atoms with E-state index in [9.17, 15) is 4.79 Å². The molecule has 0 saturated carbocycles. The fourth-order valence-corrected chi connectivity index (χ4v) is 2.50. The molecule has 1 aliphatic rings. The number of urea groups is 1. The Morgan fingerprint density at radius 2 is 1.95 bits per heavy atom. The number of hydrogen-bond acceptors (Lipinski definition) is 3. The van der Waals surface area contributed by atoms with Crippen molar-refractivity contribution in [2.24, 2.45) is 7.05 Å². The van der Waals surface area contributed by atoms with E-state index in [1.165, 1.54) is 11.1 Å². The summed E-state index contributed by atoms with van der Waals surface area (Å²) in [4.78, 5) is 16.1.